The fourth-order valence-corrected chi connectivity index (χ4v) is 2.82. The summed E-state index contributed by atoms with van der Waals surface area (Å²) in [6.45, 7) is 2.16. The minimum atomic E-state index is -0.315. The third-order valence-electron chi connectivity index (χ3n) is 4.25. The SMILES string of the molecule is C[C@]1(CCc2ccccc2)C(=O)CC[C@@H]1CO. The number of Topliss-reactive ketones (excluding diaryl/α,β-unsaturated/α-hetero) is 1. The molecule has 0 radical (unpaired) electrons. The second-order valence-electron chi connectivity index (χ2n) is 5.24. The quantitative estimate of drug-likeness (QED) is 0.866. The van der Waals surface area contributed by atoms with Gasteiger partial charge < -0.3 is 5.11 Å². The molecule has 0 spiro atoms. The second kappa shape index (κ2) is 5.01. The van der Waals surface area contributed by atoms with Crippen LogP contribution in [0.5, 0.6) is 0 Å². The van der Waals surface area contributed by atoms with Crippen LogP contribution in [0.4, 0.5) is 0 Å². The van der Waals surface area contributed by atoms with E-state index in [1.54, 1.807) is 0 Å². The standard InChI is InChI=1S/C15H20O2/c1-15(13(11-16)7-8-14(15)17)10-9-12-5-3-2-4-6-12/h2-6,13,16H,7-11H2,1H3/t13-,15-/m1/s1. The lowest BCUT2D eigenvalue weighted by Gasteiger charge is -2.28. The molecule has 0 bridgehead atoms. The van der Waals surface area contributed by atoms with E-state index in [2.05, 4.69) is 12.1 Å². The van der Waals surface area contributed by atoms with Crippen molar-refractivity contribution in [2.75, 3.05) is 6.61 Å². The van der Waals surface area contributed by atoms with Crippen molar-refractivity contribution in [3.8, 4) is 0 Å². The van der Waals surface area contributed by atoms with Gasteiger partial charge in [0.15, 0.2) is 0 Å². The molecule has 2 rings (SSSR count). The average Bonchev–Trinajstić information content (AvgIpc) is 2.65. The Labute approximate surface area is 103 Å². The van der Waals surface area contributed by atoms with E-state index in [1.165, 1.54) is 5.56 Å². The van der Waals surface area contributed by atoms with Gasteiger partial charge in [-0.2, -0.15) is 0 Å². The number of aliphatic hydroxyl groups is 1. The third-order valence-corrected chi connectivity index (χ3v) is 4.25. The fraction of sp³-hybridized carbons (Fsp3) is 0.533. The van der Waals surface area contributed by atoms with Crippen molar-refractivity contribution in [1.82, 2.24) is 0 Å². The van der Waals surface area contributed by atoms with Gasteiger partial charge in [0, 0.05) is 18.4 Å². The third kappa shape index (κ3) is 2.42. The number of hydrogen-bond acceptors (Lipinski definition) is 2. The molecule has 1 aromatic rings. The summed E-state index contributed by atoms with van der Waals surface area (Å²) < 4.78 is 0. The first-order chi connectivity index (χ1) is 8.16. The highest BCUT2D eigenvalue weighted by Gasteiger charge is 2.44. The summed E-state index contributed by atoms with van der Waals surface area (Å²) in [5, 5.41) is 9.36. The molecule has 1 aromatic carbocycles. The molecule has 0 unspecified atom stereocenters. The molecular formula is C15H20O2. The maximum atomic E-state index is 12.0. The molecule has 0 amide bonds. The van der Waals surface area contributed by atoms with E-state index in [1.807, 2.05) is 25.1 Å². The molecule has 2 atom stereocenters. The van der Waals surface area contributed by atoms with Crippen molar-refractivity contribution in [2.24, 2.45) is 11.3 Å². The largest absolute Gasteiger partial charge is 0.396 e. The van der Waals surface area contributed by atoms with E-state index >= 15 is 0 Å². The number of rotatable bonds is 4. The van der Waals surface area contributed by atoms with Crippen molar-refractivity contribution >= 4 is 5.78 Å². The van der Waals surface area contributed by atoms with Gasteiger partial charge in [-0.25, -0.2) is 0 Å². The van der Waals surface area contributed by atoms with Gasteiger partial charge in [-0.3, -0.25) is 4.79 Å². The van der Waals surface area contributed by atoms with Gasteiger partial charge in [0.1, 0.15) is 5.78 Å². The summed E-state index contributed by atoms with van der Waals surface area (Å²) in [4.78, 5) is 12.0. The van der Waals surface area contributed by atoms with Gasteiger partial charge in [-0.1, -0.05) is 37.3 Å². The van der Waals surface area contributed by atoms with Crippen LogP contribution in [-0.4, -0.2) is 17.5 Å². The number of ketones is 1. The maximum Gasteiger partial charge on any atom is 0.139 e. The molecule has 0 saturated heterocycles. The maximum absolute atomic E-state index is 12.0. The molecule has 1 aliphatic rings. The topological polar surface area (TPSA) is 37.3 Å². The number of aliphatic hydroxyl groups excluding tert-OH is 1. The molecule has 2 nitrogen and oxygen atoms in total. The molecule has 2 heteroatoms. The lowest BCUT2D eigenvalue weighted by molar-refractivity contribution is -0.127. The van der Waals surface area contributed by atoms with Gasteiger partial charge in [0.2, 0.25) is 0 Å². The Morgan fingerprint density at radius 3 is 2.71 bits per heavy atom. The number of carbonyl (C=O) groups excluding carboxylic acids is 1. The van der Waals surface area contributed by atoms with Crippen molar-refractivity contribution in [3.05, 3.63) is 35.9 Å². The Morgan fingerprint density at radius 2 is 2.06 bits per heavy atom. The van der Waals surface area contributed by atoms with Crippen LogP contribution in [0.15, 0.2) is 30.3 Å². The van der Waals surface area contributed by atoms with Crippen LogP contribution in [0, 0.1) is 11.3 Å². The molecular weight excluding hydrogens is 212 g/mol. The van der Waals surface area contributed by atoms with Crippen LogP contribution < -0.4 is 0 Å². The number of benzene rings is 1. The summed E-state index contributed by atoms with van der Waals surface area (Å²) in [6, 6.07) is 10.2. The first kappa shape index (κ1) is 12.3. The Kier molecular flexibility index (Phi) is 3.63. The van der Waals surface area contributed by atoms with E-state index in [4.69, 9.17) is 0 Å². The molecule has 0 aliphatic heterocycles. The molecule has 0 heterocycles. The normalized spacial score (nSPS) is 28.6. The zero-order valence-corrected chi connectivity index (χ0v) is 10.4. The highest BCUT2D eigenvalue weighted by atomic mass is 16.3. The van der Waals surface area contributed by atoms with Crippen molar-refractivity contribution in [2.45, 2.75) is 32.6 Å². The first-order valence-electron chi connectivity index (χ1n) is 6.35. The van der Waals surface area contributed by atoms with E-state index in [0.29, 0.717) is 12.2 Å². The molecule has 1 fully saturated rings. The lowest BCUT2D eigenvalue weighted by Crippen LogP contribution is -2.31. The highest BCUT2D eigenvalue weighted by Crippen LogP contribution is 2.43. The summed E-state index contributed by atoms with van der Waals surface area (Å²) in [5.41, 5.74) is 0.954. The average molecular weight is 232 g/mol. The predicted molar refractivity (Wildman–Crippen MR) is 67.7 cm³/mol. The zero-order valence-electron chi connectivity index (χ0n) is 10.4. The number of carbonyl (C=O) groups is 1. The Bertz CT molecular complexity index is 385. The van der Waals surface area contributed by atoms with Gasteiger partial charge in [0.25, 0.3) is 0 Å². The molecule has 1 N–H and O–H groups in total. The van der Waals surface area contributed by atoms with Gasteiger partial charge in [-0.15, -0.1) is 0 Å². The van der Waals surface area contributed by atoms with Gasteiger partial charge >= 0.3 is 0 Å². The lowest BCUT2D eigenvalue weighted by atomic mass is 9.75. The van der Waals surface area contributed by atoms with E-state index in [-0.39, 0.29) is 17.9 Å². The van der Waals surface area contributed by atoms with E-state index in [0.717, 1.165) is 19.3 Å². The first-order valence-corrected chi connectivity index (χ1v) is 6.35. The minimum Gasteiger partial charge on any atom is -0.396 e. The molecule has 0 aromatic heterocycles. The monoisotopic (exact) mass is 232 g/mol. The number of hydrogen-bond donors (Lipinski definition) is 1. The zero-order chi connectivity index (χ0) is 12.3. The summed E-state index contributed by atoms with van der Waals surface area (Å²) in [7, 11) is 0. The Balaban J connectivity index is 2.04. The summed E-state index contributed by atoms with van der Waals surface area (Å²) in [6.07, 6.45) is 3.25. The van der Waals surface area contributed by atoms with Gasteiger partial charge in [0.05, 0.1) is 0 Å². The molecule has 1 aliphatic carbocycles. The van der Waals surface area contributed by atoms with Crippen LogP contribution in [0.1, 0.15) is 31.7 Å². The van der Waals surface area contributed by atoms with Crippen molar-refractivity contribution < 1.29 is 9.90 Å². The van der Waals surface area contributed by atoms with Crippen LogP contribution in [0.3, 0.4) is 0 Å². The summed E-state index contributed by atoms with van der Waals surface area (Å²) in [5.74, 6) is 0.478. The second-order valence-corrected chi connectivity index (χ2v) is 5.24. The fourth-order valence-electron chi connectivity index (χ4n) is 2.82. The molecule has 92 valence electrons. The Hall–Kier alpha value is -1.15. The van der Waals surface area contributed by atoms with E-state index < -0.39 is 0 Å². The molecule has 17 heavy (non-hydrogen) atoms. The van der Waals surface area contributed by atoms with Gasteiger partial charge in [-0.05, 0) is 30.7 Å². The molecule has 1 saturated carbocycles. The van der Waals surface area contributed by atoms with Crippen molar-refractivity contribution in [3.63, 3.8) is 0 Å². The van der Waals surface area contributed by atoms with E-state index in [9.17, 15) is 9.90 Å². The van der Waals surface area contributed by atoms with Crippen molar-refractivity contribution in [1.29, 1.82) is 0 Å². The Morgan fingerprint density at radius 1 is 1.35 bits per heavy atom. The summed E-state index contributed by atoms with van der Waals surface area (Å²) >= 11 is 0. The van der Waals surface area contributed by atoms with Crippen LogP contribution >= 0.6 is 0 Å². The van der Waals surface area contributed by atoms with Crippen LogP contribution in [0.2, 0.25) is 0 Å². The van der Waals surface area contributed by atoms with Crippen LogP contribution in [0.25, 0.3) is 0 Å². The highest BCUT2D eigenvalue weighted by molar-refractivity contribution is 5.86. The number of aryl methyl sites for hydroxylation is 1. The smallest absolute Gasteiger partial charge is 0.139 e. The minimum absolute atomic E-state index is 0.136. The predicted octanol–water partition coefficient (Wildman–Crippen LogP) is 2.60. The van der Waals surface area contributed by atoms with Crippen LogP contribution in [-0.2, 0) is 11.2 Å².